The summed E-state index contributed by atoms with van der Waals surface area (Å²) in [4.78, 5) is 10.7. The van der Waals surface area contributed by atoms with Gasteiger partial charge >= 0.3 is 5.97 Å². The number of ether oxygens (including phenoxy) is 1. The second-order valence-corrected chi connectivity index (χ2v) is 2.21. The van der Waals surface area contributed by atoms with Crippen molar-refractivity contribution in [1.82, 2.24) is 5.32 Å². The Kier molecular flexibility index (Phi) is 5.47. The van der Waals surface area contributed by atoms with Crippen molar-refractivity contribution in [2.24, 2.45) is 0 Å². The van der Waals surface area contributed by atoms with E-state index in [-0.39, 0.29) is 12.2 Å². The maximum absolute atomic E-state index is 10.7. The van der Waals surface area contributed by atoms with Gasteiger partial charge in [-0.2, -0.15) is 0 Å². The van der Waals surface area contributed by atoms with Crippen LogP contribution < -0.4 is 5.32 Å². The highest BCUT2D eigenvalue weighted by molar-refractivity contribution is 5.81. The molecule has 0 aromatic heterocycles. The molecule has 64 valence electrons. The zero-order chi connectivity index (χ0) is 8.69. The van der Waals surface area contributed by atoms with Gasteiger partial charge in [0.15, 0.2) is 6.23 Å². The van der Waals surface area contributed by atoms with Gasteiger partial charge in [-0.05, 0) is 13.5 Å². The van der Waals surface area contributed by atoms with Gasteiger partial charge in [-0.3, -0.25) is 5.32 Å². The molecule has 0 aliphatic heterocycles. The lowest BCUT2D eigenvalue weighted by atomic mass is 10.3. The molecule has 0 saturated carbocycles. The van der Waals surface area contributed by atoms with Gasteiger partial charge in [-0.1, -0.05) is 19.9 Å². The van der Waals surface area contributed by atoms with E-state index in [0.717, 1.165) is 12.8 Å². The average Bonchev–Trinajstić information content (AvgIpc) is 2.03. The summed E-state index contributed by atoms with van der Waals surface area (Å²) in [5, 5.41) is 2.88. The van der Waals surface area contributed by atoms with Crippen LogP contribution in [0.3, 0.4) is 0 Å². The Morgan fingerprint density at radius 1 is 1.82 bits per heavy atom. The summed E-state index contributed by atoms with van der Waals surface area (Å²) in [6, 6.07) is 0. The molecule has 1 unspecified atom stereocenters. The van der Waals surface area contributed by atoms with E-state index in [1.807, 2.05) is 6.92 Å². The molecule has 0 amide bonds. The molecule has 0 spiro atoms. The van der Waals surface area contributed by atoms with E-state index in [2.05, 4.69) is 11.9 Å². The van der Waals surface area contributed by atoms with Crippen molar-refractivity contribution in [3.05, 3.63) is 12.7 Å². The minimum absolute atomic E-state index is 0.175. The number of hydrogen-bond donors (Lipinski definition) is 1. The SMILES string of the molecule is C=CC(=O)OC(CCC)NC. The van der Waals surface area contributed by atoms with Gasteiger partial charge < -0.3 is 4.74 Å². The van der Waals surface area contributed by atoms with Crippen molar-refractivity contribution in [2.45, 2.75) is 26.0 Å². The zero-order valence-corrected chi connectivity index (χ0v) is 7.09. The van der Waals surface area contributed by atoms with Crippen LogP contribution in [0.4, 0.5) is 0 Å². The summed E-state index contributed by atoms with van der Waals surface area (Å²) in [6.45, 7) is 5.34. The molecule has 0 aromatic carbocycles. The van der Waals surface area contributed by atoms with Crippen molar-refractivity contribution in [1.29, 1.82) is 0 Å². The molecule has 0 radical (unpaired) electrons. The number of carbonyl (C=O) groups excluding carboxylic acids is 1. The van der Waals surface area contributed by atoms with Gasteiger partial charge in [0.2, 0.25) is 0 Å². The van der Waals surface area contributed by atoms with Gasteiger partial charge in [0.1, 0.15) is 0 Å². The Morgan fingerprint density at radius 2 is 2.45 bits per heavy atom. The molecular formula is C8H15NO2. The largest absolute Gasteiger partial charge is 0.443 e. The monoisotopic (exact) mass is 157 g/mol. The van der Waals surface area contributed by atoms with E-state index in [0.29, 0.717) is 0 Å². The lowest BCUT2D eigenvalue weighted by Gasteiger charge is -2.14. The minimum Gasteiger partial charge on any atom is -0.443 e. The van der Waals surface area contributed by atoms with E-state index in [1.165, 1.54) is 6.08 Å². The lowest BCUT2D eigenvalue weighted by Crippen LogP contribution is -2.29. The van der Waals surface area contributed by atoms with Gasteiger partial charge in [0.05, 0.1) is 0 Å². The van der Waals surface area contributed by atoms with Crippen LogP contribution in [-0.4, -0.2) is 19.2 Å². The maximum atomic E-state index is 10.7. The normalized spacial score (nSPS) is 12.2. The lowest BCUT2D eigenvalue weighted by molar-refractivity contribution is -0.144. The molecule has 0 aliphatic rings. The molecule has 3 nitrogen and oxygen atoms in total. The summed E-state index contributed by atoms with van der Waals surface area (Å²) in [5.41, 5.74) is 0. The van der Waals surface area contributed by atoms with E-state index in [1.54, 1.807) is 7.05 Å². The third kappa shape index (κ3) is 4.56. The van der Waals surface area contributed by atoms with Crippen LogP contribution in [0.5, 0.6) is 0 Å². The van der Waals surface area contributed by atoms with Crippen molar-refractivity contribution < 1.29 is 9.53 Å². The Balaban J connectivity index is 3.67. The fourth-order valence-corrected chi connectivity index (χ4v) is 0.713. The Labute approximate surface area is 67.4 Å². The third-order valence-corrected chi connectivity index (χ3v) is 1.30. The van der Waals surface area contributed by atoms with Crippen LogP contribution in [0.2, 0.25) is 0 Å². The first kappa shape index (κ1) is 10.2. The molecule has 1 atom stereocenters. The highest BCUT2D eigenvalue weighted by Crippen LogP contribution is 1.98. The van der Waals surface area contributed by atoms with Crippen LogP contribution >= 0.6 is 0 Å². The van der Waals surface area contributed by atoms with E-state index >= 15 is 0 Å². The first-order chi connectivity index (χ1) is 5.24. The van der Waals surface area contributed by atoms with E-state index < -0.39 is 0 Å². The van der Waals surface area contributed by atoms with Crippen LogP contribution in [0.15, 0.2) is 12.7 Å². The fraction of sp³-hybridized carbons (Fsp3) is 0.625. The highest BCUT2D eigenvalue weighted by atomic mass is 16.6. The van der Waals surface area contributed by atoms with E-state index in [9.17, 15) is 4.79 Å². The molecule has 0 saturated heterocycles. The van der Waals surface area contributed by atoms with Gasteiger partial charge in [0.25, 0.3) is 0 Å². The Bertz CT molecular complexity index is 134. The number of nitrogens with one attached hydrogen (secondary N) is 1. The molecule has 11 heavy (non-hydrogen) atoms. The average molecular weight is 157 g/mol. The van der Waals surface area contributed by atoms with Gasteiger partial charge in [0, 0.05) is 6.08 Å². The molecular weight excluding hydrogens is 142 g/mol. The van der Waals surface area contributed by atoms with Crippen LogP contribution in [-0.2, 0) is 9.53 Å². The quantitative estimate of drug-likeness (QED) is 0.368. The van der Waals surface area contributed by atoms with Crippen molar-refractivity contribution in [3.63, 3.8) is 0 Å². The highest BCUT2D eigenvalue weighted by Gasteiger charge is 2.07. The van der Waals surface area contributed by atoms with Gasteiger partial charge in [-0.25, -0.2) is 4.79 Å². The van der Waals surface area contributed by atoms with E-state index in [4.69, 9.17) is 4.74 Å². The molecule has 0 bridgehead atoms. The molecule has 0 heterocycles. The molecule has 1 N–H and O–H groups in total. The van der Waals surface area contributed by atoms with Gasteiger partial charge in [-0.15, -0.1) is 0 Å². The summed E-state index contributed by atoms with van der Waals surface area (Å²) in [5.74, 6) is -0.377. The molecule has 0 aliphatic carbocycles. The summed E-state index contributed by atoms with van der Waals surface area (Å²) < 4.78 is 4.92. The Hall–Kier alpha value is -0.830. The second kappa shape index (κ2) is 5.92. The minimum atomic E-state index is -0.377. The first-order valence-corrected chi connectivity index (χ1v) is 3.74. The maximum Gasteiger partial charge on any atom is 0.331 e. The fourth-order valence-electron chi connectivity index (χ4n) is 0.713. The Morgan fingerprint density at radius 3 is 2.82 bits per heavy atom. The molecule has 0 fully saturated rings. The standard InChI is InChI=1S/C8H15NO2/c1-4-6-7(9-3)11-8(10)5-2/h5,7,9H,2,4,6H2,1,3H3. The number of carbonyl (C=O) groups is 1. The molecule has 0 rings (SSSR count). The smallest absolute Gasteiger partial charge is 0.331 e. The predicted octanol–water partition coefficient (Wildman–Crippen LogP) is 1.06. The zero-order valence-electron chi connectivity index (χ0n) is 7.09. The third-order valence-electron chi connectivity index (χ3n) is 1.30. The van der Waals surface area contributed by atoms with Crippen LogP contribution in [0.1, 0.15) is 19.8 Å². The first-order valence-electron chi connectivity index (χ1n) is 3.74. The molecule has 0 aromatic rings. The number of esters is 1. The molecule has 3 heteroatoms. The number of hydrogen-bond acceptors (Lipinski definition) is 3. The second-order valence-electron chi connectivity index (χ2n) is 2.21. The predicted molar refractivity (Wildman–Crippen MR) is 44.0 cm³/mol. The van der Waals surface area contributed by atoms with Crippen molar-refractivity contribution in [2.75, 3.05) is 7.05 Å². The number of rotatable bonds is 5. The summed E-state index contributed by atoms with van der Waals surface area (Å²) in [6.07, 6.45) is 2.80. The van der Waals surface area contributed by atoms with Crippen molar-refractivity contribution >= 4 is 5.97 Å². The topological polar surface area (TPSA) is 38.3 Å². The van der Waals surface area contributed by atoms with Crippen molar-refractivity contribution in [3.8, 4) is 0 Å². The van der Waals surface area contributed by atoms with Crippen LogP contribution in [0, 0.1) is 0 Å². The summed E-state index contributed by atoms with van der Waals surface area (Å²) >= 11 is 0. The van der Waals surface area contributed by atoms with Crippen LogP contribution in [0.25, 0.3) is 0 Å². The summed E-state index contributed by atoms with van der Waals surface area (Å²) in [7, 11) is 1.76.